The first-order valence-electron chi connectivity index (χ1n) is 11.5. The lowest BCUT2D eigenvalue weighted by Gasteiger charge is -2.20. The average molecular weight is 507 g/mol. The number of aliphatic hydroxyl groups is 3. The summed E-state index contributed by atoms with van der Waals surface area (Å²) in [6.45, 7) is -0.219. The maximum atomic E-state index is 11.1. The second-order valence-electron chi connectivity index (χ2n) is 8.82. The van der Waals surface area contributed by atoms with Crippen LogP contribution in [0.5, 0.6) is 0 Å². The molecule has 1 amide bonds. The van der Waals surface area contributed by atoms with E-state index in [-0.39, 0.29) is 13.0 Å². The molecule has 2 aromatic carbocycles. The summed E-state index contributed by atoms with van der Waals surface area (Å²) in [4.78, 5) is 25.0. The minimum absolute atomic E-state index is 0.159. The van der Waals surface area contributed by atoms with Crippen molar-refractivity contribution in [1.82, 2.24) is 15.0 Å². The molecule has 0 bridgehead atoms. The SMILES string of the molecule is NC(=O)Cc1ccc(Nc2ncc(-c3nc4ccccc4s3)c(NC3CC(CO)C(O)C3O)n2)cc1. The van der Waals surface area contributed by atoms with E-state index in [1.54, 1.807) is 30.5 Å². The van der Waals surface area contributed by atoms with Gasteiger partial charge in [0.05, 0.1) is 34.3 Å². The number of amides is 1. The van der Waals surface area contributed by atoms with Crippen LogP contribution in [-0.2, 0) is 11.2 Å². The lowest BCUT2D eigenvalue weighted by Crippen LogP contribution is -2.35. The van der Waals surface area contributed by atoms with E-state index in [1.807, 2.05) is 24.3 Å². The maximum absolute atomic E-state index is 11.1. The molecule has 0 saturated heterocycles. The van der Waals surface area contributed by atoms with Gasteiger partial charge in [0.1, 0.15) is 16.9 Å². The lowest BCUT2D eigenvalue weighted by molar-refractivity contribution is -0.117. The number of aliphatic hydroxyl groups excluding tert-OH is 3. The Balaban J connectivity index is 1.46. The summed E-state index contributed by atoms with van der Waals surface area (Å²) in [6.07, 6.45) is 0.113. The zero-order valence-electron chi connectivity index (χ0n) is 19.2. The highest BCUT2D eigenvalue weighted by Crippen LogP contribution is 2.36. The molecule has 2 aromatic heterocycles. The normalized spacial score (nSPS) is 21.5. The zero-order valence-corrected chi connectivity index (χ0v) is 20.0. The molecule has 10 nitrogen and oxygen atoms in total. The number of para-hydroxylation sites is 1. The van der Waals surface area contributed by atoms with Crippen molar-refractivity contribution < 1.29 is 20.1 Å². The Labute approximate surface area is 210 Å². The second kappa shape index (κ2) is 10.2. The van der Waals surface area contributed by atoms with E-state index in [1.165, 1.54) is 11.3 Å². The third-order valence-corrected chi connectivity index (χ3v) is 7.33. The molecule has 2 heterocycles. The number of nitrogens with two attached hydrogens (primary N) is 1. The monoisotopic (exact) mass is 506 g/mol. The van der Waals surface area contributed by atoms with Crippen LogP contribution in [-0.4, -0.2) is 61.0 Å². The minimum Gasteiger partial charge on any atom is -0.396 e. The van der Waals surface area contributed by atoms with E-state index in [2.05, 4.69) is 20.6 Å². The molecule has 4 atom stereocenters. The molecule has 0 radical (unpaired) electrons. The van der Waals surface area contributed by atoms with Crippen LogP contribution in [0.15, 0.2) is 54.7 Å². The Kier molecular flexibility index (Phi) is 6.79. The molecule has 1 fully saturated rings. The largest absolute Gasteiger partial charge is 0.396 e. The van der Waals surface area contributed by atoms with Crippen molar-refractivity contribution in [1.29, 1.82) is 0 Å². The summed E-state index contributed by atoms with van der Waals surface area (Å²) in [6, 6.07) is 14.5. The first-order valence-corrected chi connectivity index (χ1v) is 12.3. The molecule has 4 aromatic rings. The third-order valence-electron chi connectivity index (χ3n) is 6.26. The Hall–Kier alpha value is -3.64. The number of nitrogens with zero attached hydrogens (tertiary/aromatic N) is 3. The summed E-state index contributed by atoms with van der Waals surface area (Å²) in [7, 11) is 0. The number of primary amides is 1. The number of rotatable bonds is 8. The Morgan fingerprint density at radius 2 is 1.86 bits per heavy atom. The van der Waals surface area contributed by atoms with Gasteiger partial charge in [-0.3, -0.25) is 4.79 Å². The van der Waals surface area contributed by atoms with Crippen LogP contribution in [0.2, 0.25) is 0 Å². The van der Waals surface area contributed by atoms with Crippen molar-refractivity contribution in [3.8, 4) is 10.6 Å². The van der Waals surface area contributed by atoms with Crippen molar-refractivity contribution in [2.45, 2.75) is 31.1 Å². The van der Waals surface area contributed by atoms with Gasteiger partial charge in [0, 0.05) is 24.4 Å². The number of carbonyl (C=O) groups excluding carboxylic acids is 1. The van der Waals surface area contributed by atoms with E-state index in [9.17, 15) is 20.1 Å². The maximum Gasteiger partial charge on any atom is 0.229 e. The van der Waals surface area contributed by atoms with Crippen LogP contribution in [0.3, 0.4) is 0 Å². The fourth-order valence-corrected chi connectivity index (χ4v) is 5.33. The van der Waals surface area contributed by atoms with Gasteiger partial charge in [-0.15, -0.1) is 11.3 Å². The minimum atomic E-state index is -1.06. The van der Waals surface area contributed by atoms with Crippen molar-refractivity contribution in [3.63, 3.8) is 0 Å². The van der Waals surface area contributed by atoms with Crippen LogP contribution >= 0.6 is 11.3 Å². The van der Waals surface area contributed by atoms with E-state index < -0.39 is 30.1 Å². The molecule has 1 saturated carbocycles. The van der Waals surface area contributed by atoms with Gasteiger partial charge in [-0.25, -0.2) is 9.97 Å². The molecule has 7 N–H and O–H groups in total. The standard InChI is InChI=1S/C25H26N6O4S/c26-20(33)9-13-5-7-15(8-6-13)28-25-27-11-16(24-30-17-3-1-2-4-19(17)36-24)23(31-25)29-18-10-14(12-32)21(34)22(18)35/h1-8,11,14,18,21-22,32,34-35H,9-10,12H2,(H2,26,33)(H2,27,28,29,31). The molecule has 36 heavy (non-hydrogen) atoms. The summed E-state index contributed by atoms with van der Waals surface area (Å²) in [5.74, 6) is -0.0619. The zero-order chi connectivity index (χ0) is 25.2. The number of carbonyl (C=O) groups is 1. The Bertz CT molecular complexity index is 1350. The molecule has 4 unspecified atom stereocenters. The van der Waals surface area contributed by atoms with Gasteiger partial charge in [0.2, 0.25) is 11.9 Å². The van der Waals surface area contributed by atoms with Gasteiger partial charge < -0.3 is 31.7 Å². The van der Waals surface area contributed by atoms with Crippen molar-refractivity contribution in [3.05, 3.63) is 60.3 Å². The van der Waals surface area contributed by atoms with Gasteiger partial charge in [0.25, 0.3) is 0 Å². The summed E-state index contributed by atoms with van der Waals surface area (Å²) >= 11 is 1.50. The van der Waals surface area contributed by atoms with Gasteiger partial charge in [-0.1, -0.05) is 24.3 Å². The smallest absolute Gasteiger partial charge is 0.229 e. The number of benzene rings is 2. The van der Waals surface area contributed by atoms with E-state index in [0.29, 0.717) is 28.8 Å². The topological polar surface area (TPSA) is 167 Å². The van der Waals surface area contributed by atoms with E-state index in [4.69, 9.17) is 10.7 Å². The molecular weight excluding hydrogens is 480 g/mol. The number of aromatic nitrogens is 3. The predicted octanol–water partition coefficient (Wildman–Crippen LogP) is 2.04. The highest BCUT2D eigenvalue weighted by atomic mass is 32.1. The van der Waals surface area contributed by atoms with Gasteiger partial charge >= 0.3 is 0 Å². The molecule has 5 rings (SSSR count). The first kappa shape index (κ1) is 24.1. The number of hydrogen-bond donors (Lipinski definition) is 6. The van der Waals surface area contributed by atoms with Crippen LogP contribution in [0.4, 0.5) is 17.5 Å². The van der Waals surface area contributed by atoms with Crippen LogP contribution in [0, 0.1) is 5.92 Å². The van der Waals surface area contributed by atoms with Crippen molar-refractivity contribution in [2.24, 2.45) is 11.7 Å². The van der Waals surface area contributed by atoms with Gasteiger partial charge in [0.15, 0.2) is 0 Å². The lowest BCUT2D eigenvalue weighted by atomic mass is 10.1. The molecule has 0 aliphatic heterocycles. The van der Waals surface area contributed by atoms with Crippen molar-refractivity contribution >= 4 is 44.9 Å². The molecule has 1 aliphatic carbocycles. The van der Waals surface area contributed by atoms with Crippen molar-refractivity contribution in [2.75, 3.05) is 17.2 Å². The molecule has 186 valence electrons. The third kappa shape index (κ3) is 5.00. The number of hydrogen-bond acceptors (Lipinski definition) is 10. The van der Waals surface area contributed by atoms with Gasteiger partial charge in [-0.2, -0.15) is 4.98 Å². The Morgan fingerprint density at radius 3 is 2.56 bits per heavy atom. The number of nitrogens with one attached hydrogen (secondary N) is 2. The predicted molar refractivity (Wildman–Crippen MR) is 138 cm³/mol. The van der Waals surface area contributed by atoms with Crippen LogP contribution in [0.1, 0.15) is 12.0 Å². The quantitative estimate of drug-likeness (QED) is 0.210. The number of fused-ring (bicyclic) bond motifs is 1. The van der Waals surface area contributed by atoms with E-state index >= 15 is 0 Å². The van der Waals surface area contributed by atoms with E-state index in [0.717, 1.165) is 21.5 Å². The fraction of sp³-hybridized carbons (Fsp3) is 0.280. The Morgan fingerprint density at radius 1 is 1.08 bits per heavy atom. The molecular formula is C25H26N6O4S. The fourth-order valence-electron chi connectivity index (χ4n) is 4.36. The molecule has 11 heteroatoms. The highest BCUT2D eigenvalue weighted by Gasteiger charge is 2.41. The van der Waals surface area contributed by atoms with Crippen LogP contribution < -0.4 is 16.4 Å². The molecule has 0 spiro atoms. The average Bonchev–Trinajstić information content (AvgIpc) is 3.41. The highest BCUT2D eigenvalue weighted by molar-refractivity contribution is 7.21. The molecule has 1 aliphatic rings. The second-order valence-corrected chi connectivity index (χ2v) is 9.85. The first-order chi connectivity index (χ1) is 17.4. The van der Waals surface area contributed by atoms with Crippen LogP contribution in [0.25, 0.3) is 20.8 Å². The van der Waals surface area contributed by atoms with Gasteiger partial charge in [-0.05, 0) is 36.2 Å². The summed E-state index contributed by atoms with van der Waals surface area (Å²) in [5.41, 5.74) is 8.30. The summed E-state index contributed by atoms with van der Waals surface area (Å²) in [5, 5.41) is 37.5. The number of thiazole rings is 1. The summed E-state index contributed by atoms with van der Waals surface area (Å²) < 4.78 is 1.02. The number of anilines is 3.